The van der Waals surface area contributed by atoms with Crippen molar-refractivity contribution in [1.29, 1.82) is 0 Å². The molecule has 1 aromatic carbocycles. The molecule has 1 aliphatic rings. The quantitative estimate of drug-likeness (QED) is 0.805. The Morgan fingerprint density at radius 2 is 2.16 bits per heavy atom. The van der Waals surface area contributed by atoms with Gasteiger partial charge in [0.2, 0.25) is 0 Å². The second-order valence-corrected chi connectivity index (χ2v) is 7.63. The predicted octanol–water partition coefficient (Wildman–Crippen LogP) is 3.59. The Balaban J connectivity index is 1.52. The number of amides is 1. The highest BCUT2D eigenvalue weighted by molar-refractivity contribution is 7.12. The maximum Gasteiger partial charge on any atom is 0.261 e. The molecular weight excluding hydrogens is 332 g/mol. The number of thiophene rings is 1. The number of nitrogens with one attached hydrogen (secondary N) is 1. The summed E-state index contributed by atoms with van der Waals surface area (Å²) in [5.41, 5.74) is 1.95. The van der Waals surface area contributed by atoms with Crippen molar-refractivity contribution < 1.29 is 9.59 Å². The van der Waals surface area contributed by atoms with Crippen molar-refractivity contribution in [3.63, 3.8) is 0 Å². The van der Waals surface area contributed by atoms with Gasteiger partial charge in [0.05, 0.1) is 4.88 Å². The fourth-order valence-electron chi connectivity index (χ4n) is 3.34. The van der Waals surface area contributed by atoms with E-state index in [0.29, 0.717) is 5.92 Å². The van der Waals surface area contributed by atoms with Gasteiger partial charge in [0.25, 0.3) is 5.91 Å². The lowest BCUT2D eigenvalue weighted by Crippen LogP contribution is -2.40. The zero-order chi connectivity index (χ0) is 17.6. The van der Waals surface area contributed by atoms with Gasteiger partial charge in [-0.2, -0.15) is 0 Å². The van der Waals surface area contributed by atoms with E-state index in [1.807, 2.05) is 35.7 Å². The molecule has 1 N–H and O–H groups in total. The highest BCUT2D eigenvalue weighted by Crippen LogP contribution is 2.19. The van der Waals surface area contributed by atoms with Crippen molar-refractivity contribution in [1.82, 2.24) is 10.2 Å². The number of carbonyl (C=O) groups excluding carboxylic acids is 2. The first-order valence-corrected chi connectivity index (χ1v) is 9.63. The summed E-state index contributed by atoms with van der Waals surface area (Å²) in [7, 11) is 0. The first-order chi connectivity index (χ1) is 12.1. The molecule has 0 aliphatic carbocycles. The van der Waals surface area contributed by atoms with Gasteiger partial charge in [-0.3, -0.25) is 14.5 Å². The Hall–Kier alpha value is -1.98. The minimum atomic E-state index is 0.0290. The third-order valence-electron chi connectivity index (χ3n) is 4.64. The molecule has 5 heteroatoms. The topological polar surface area (TPSA) is 49.4 Å². The summed E-state index contributed by atoms with van der Waals surface area (Å²) in [6, 6.07) is 11.6. The number of hydrogen-bond acceptors (Lipinski definition) is 4. The van der Waals surface area contributed by atoms with Gasteiger partial charge in [0.1, 0.15) is 0 Å². The Kier molecular flexibility index (Phi) is 6.00. The van der Waals surface area contributed by atoms with Crippen LogP contribution in [0.4, 0.5) is 0 Å². The maximum atomic E-state index is 12.1. The number of benzene rings is 1. The minimum absolute atomic E-state index is 0.0290. The average Bonchev–Trinajstić information content (AvgIpc) is 3.15. The smallest absolute Gasteiger partial charge is 0.261 e. The summed E-state index contributed by atoms with van der Waals surface area (Å²) in [6.45, 7) is 5.23. The van der Waals surface area contributed by atoms with E-state index in [9.17, 15) is 9.59 Å². The van der Waals surface area contributed by atoms with Crippen LogP contribution in [0.1, 0.15) is 45.4 Å². The Labute approximate surface area is 152 Å². The number of piperidine rings is 1. The summed E-state index contributed by atoms with van der Waals surface area (Å²) < 4.78 is 0. The molecule has 0 spiro atoms. The molecule has 1 unspecified atom stereocenters. The molecule has 0 bridgehead atoms. The van der Waals surface area contributed by atoms with Crippen molar-refractivity contribution >= 4 is 23.0 Å². The minimum Gasteiger partial charge on any atom is -0.351 e. The molecule has 25 heavy (non-hydrogen) atoms. The fourth-order valence-corrected chi connectivity index (χ4v) is 3.98. The van der Waals surface area contributed by atoms with Crippen LogP contribution in [0.5, 0.6) is 0 Å². The summed E-state index contributed by atoms with van der Waals surface area (Å²) in [6.07, 6.45) is 2.29. The molecule has 2 heterocycles. The SMILES string of the molecule is CC(=O)c1cccc(CN2CCCC(CNC(=O)c3cccs3)C2)c1. The maximum absolute atomic E-state index is 12.1. The highest BCUT2D eigenvalue weighted by Gasteiger charge is 2.21. The Morgan fingerprint density at radius 3 is 2.92 bits per heavy atom. The van der Waals surface area contributed by atoms with Crippen LogP contribution in [0, 0.1) is 5.92 Å². The number of ketones is 1. The average molecular weight is 356 g/mol. The highest BCUT2D eigenvalue weighted by atomic mass is 32.1. The Bertz CT molecular complexity index is 727. The molecule has 3 rings (SSSR count). The lowest BCUT2D eigenvalue weighted by atomic mass is 9.97. The van der Waals surface area contributed by atoms with Gasteiger partial charge in [-0.25, -0.2) is 0 Å². The zero-order valence-electron chi connectivity index (χ0n) is 14.5. The summed E-state index contributed by atoms with van der Waals surface area (Å²) in [5, 5.41) is 4.99. The lowest BCUT2D eigenvalue weighted by Gasteiger charge is -2.32. The number of hydrogen-bond donors (Lipinski definition) is 1. The van der Waals surface area contributed by atoms with Gasteiger partial charge in [-0.1, -0.05) is 24.3 Å². The van der Waals surface area contributed by atoms with Crippen molar-refractivity contribution in [2.24, 2.45) is 5.92 Å². The van der Waals surface area contributed by atoms with Gasteiger partial charge in [0, 0.05) is 25.2 Å². The predicted molar refractivity (Wildman–Crippen MR) is 101 cm³/mol. The summed E-state index contributed by atoms with van der Waals surface area (Å²) in [4.78, 5) is 26.8. The van der Waals surface area contributed by atoms with Crippen LogP contribution in [0.3, 0.4) is 0 Å². The van der Waals surface area contributed by atoms with E-state index in [1.54, 1.807) is 6.92 Å². The standard InChI is InChI=1S/C20H24N2O2S/c1-15(23)18-7-2-5-16(11-18)13-22-9-3-6-17(14-22)12-21-20(24)19-8-4-10-25-19/h2,4-5,7-8,10-11,17H,3,6,9,12-14H2,1H3,(H,21,24). The van der Waals surface area contributed by atoms with Crippen LogP contribution in [0.15, 0.2) is 41.8 Å². The fraction of sp³-hybridized carbons (Fsp3) is 0.400. The number of carbonyl (C=O) groups is 2. The molecule has 1 saturated heterocycles. The largest absolute Gasteiger partial charge is 0.351 e. The molecule has 1 aliphatic heterocycles. The van der Waals surface area contributed by atoms with Crippen molar-refractivity contribution in [2.45, 2.75) is 26.3 Å². The van der Waals surface area contributed by atoms with Crippen LogP contribution in [0.25, 0.3) is 0 Å². The van der Waals surface area contributed by atoms with Crippen LogP contribution >= 0.6 is 11.3 Å². The molecule has 1 aromatic heterocycles. The van der Waals surface area contributed by atoms with E-state index in [0.717, 1.165) is 49.5 Å². The van der Waals surface area contributed by atoms with Crippen molar-refractivity contribution in [3.8, 4) is 0 Å². The number of nitrogens with zero attached hydrogens (tertiary/aromatic N) is 1. The first-order valence-electron chi connectivity index (χ1n) is 8.76. The third-order valence-corrected chi connectivity index (χ3v) is 5.51. The second kappa shape index (κ2) is 8.41. The van der Waals surface area contributed by atoms with Gasteiger partial charge >= 0.3 is 0 Å². The van der Waals surface area contributed by atoms with Gasteiger partial charge in [-0.05, 0) is 55.3 Å². The number of rotatable bonds is 6. The molecule has 0 saturated carbocycles. The van der Waals surface area contributed by atoms with Crippen LogP contribution in [-0.4, -0.2) is 36.2 Å². The molecule has 4 nitrogen and oxygen atoms in total. The van der Waals surface area contributed by atoms with E-state index in [-0.39, 0.29) is 11.7 Å². The molecule has 132 valence electrons. The third kappa shape index (κ3) is 5.00. The monoisotopic (exact) mass is 356 g/mol. The summed E-state index contributed by atoms with van der Waals surface area (Å²) in [5.74, 6) is 0.615. The molecule has 0 radical (unpaired) electrons. The van der Waals surface area contributed by atoms with Gasteiger partial charge in [0.15, 0.2) is 5.78 Å². The van der Waals surface area contributed by atoms with Crippen LogP contribution in [-0.2, 0) is 6.54 Å². The van der Waals surface area contributed by atoms with E-state index in [4.69, 9.17) is 0 Å². The van der Waals surface area contributed by atoms with E-state index in [1.165, 1.54) is 16.9 Å². The lowest BCUT2D eigenvalue weighted by molar-refractivity contribution is 0.0934. The van der Waals surface area contributed by atoms with Crippen LogP contribution < -0.4 is 5.32 Å². The zero-order valence-corrected chi connectivity index (χ0v) is 15.3. The second-order valence-electron chi connectivity index (χ2n) is 6.69. The van der Waals surface area contributed by atoms with Crippen molar-refractivity contribution in [3.05, 3.63) is 57.8 Å². The summed E-state index contributed by atoms with van der Waals surface area (Å²) >= 11 is 1.47. The number of likely N-dealkylation sites (tertiary alicyclic amines) is 1. The van der Waals surface area contributed by atoms with Crippen molar-refractivity contribution in [2.75, 3.05) is 19.6 Å². The van der Waals surface area contributed by atoms with E-state index < -0.39 is 0 Å². The molecule has 2 aromatic rings. The Morgan fingerprint density at radius 1 is 1.28 bits per heavy atom. The molecular formula is C20H24N2O2S. The van der Waals surface area contributed by atoms with Gasteiger partial charge < -0.3 is 5.32 Å². The van der Waals surface area contributed by atoms with Gasteiger partial charge in [-0.15, -0.1) is 11.3 Å². The normalized spacial score (nSPS) is 18.0. The van der Waals surface area contributed by atoms with E-state index in [2.05, 4.69) is 16.3 Å². The molecule has 1 atom stereocenters. The van der Waals surface area contributed by atoms with E-state index >= 15 is 0 Å². The molecule has 1 fully saturated rings. The van der Waals surface area contributed by atoms with Crippen LogP contribution in [0.2, 0.25) is 0 Å². The molecule has 1 amide bonds. The first kappa shape index (κ1) is 17.8. The number of Topliss-reactive ketones (excluding diaryl/α,β-unsaturated/α-hetero) is 1.